The molecule has 14 heavy (non-hydrogen) atoms. The number of nitrogens with one attached hydrogen (secondary N) is 1. The molecule has 0 saturated carbocycles. The Morgan fingerprint density at radius 3 is 2.86 bits per heavy atom. The van der Waals surface area contributed by atoms with Gasteiger partial charge < -0.3 is 10.2 Å². The molecule has 84 valence electrons. The van der Waals surface area contributed by atoms with Crippen molar-refractivity contribution in [1.82, 2.24) is 10.2 Å². The van der Waals surface area contributed by atoms with Gasteiger partial charge in [-0.05, 0) is 44.9 Å². The fraction of sp³-hybridized carbons (Fsp3) is 1.00. The summed E-state index contributed by atoms with van der Waals surface area (Å²) in [6, 6.07) is 0. The van der Waals surface area contributed by atoms with E-state index in [0.29, 0.717) is 0 Å². The molecule has 0 aromatic heterocycles. The first-order valence-corrected chi connectivity index (χ1v) is 6.29. The molecule has 0 aromatic rings. The van der Waals surface area contributed by atoms with E-state index >= 15 is 0 Å². The Morgan fingerprint density at radius 2 is 2.14 bits per heavy atom. The minimum atomic E-state index is 0.913. The Kier molecular flexibility index (Phi) is 6.20. The van der Waals surface area contributed by atoms with Crippen LogP contribution in [-0.4, -0.2) is 37.6 Å². The van der Waals surface area contributed by atoms with Gasteiger partial charge in [-0.2, -0.15) is 0 Å². The summed E-state index contributed by atoms with van der Waals surface area (Å²) in [4.78, 5) is 2.64. The molecule has 1 unspecified atom stereocenters. The third kappa shape index (κ3) is 4.43. The molecule has 1 fully saturated rings. The summed E-state index contributed by atoms with van der Waals surface area (Å²) in [7, 11) is 0. The molecule has 2 nitrogen and oxygen atoms in total. The maximum absolute atomic E-state index is 3.45. The van der Waals surface area contributed by atoms with Crippen LogP contribution in [0.2, 0.25) is 0 Å². The Labute approximate surface area is 89.1 Å². The molecule has 2 heteroatoms. The number of hydrogen-bond donors (Lipinski definition) is 1. The van der Waals surface area contributed by atoms with Crippen molar-refractivity contribution in [1.29, 1.82) is 0 Å². The lowest BCUT2D eigenvalue weighted by Gasteiger charge is -2.15. The smallest absolute Gasteiger partial charge is 0.00223 e. The maximum Gasteiger partial charge on any atom is 0.00223 e. The second kappa shape index (κ2) is 7.24. The molecule has 0 bridgehead atoms. The Hall–Kier alpha value is -0.0800. The normalized spacial score (nSPS) is 23.1. The Bertz CT molecular complexity index is 136. The van der Waals surface area contributed by atoms with E-state index in [9.17, 15) is 0 Å². The molecule has 1 aliphatic rings. The third-order valence-electron chi connectivity index (χ3n) is 3.13. The first-order chi connectivity index (χ1) is 6.86. The van der Waals surface area contributed by atoms with Gasteiger partial charge in [0.1, 0.15) is 0 Å². The van der Waals surface area contributed by atoms with Crippen molar-refractivity contribution < 1.29 is 0 Å². The van der Waals surface area contributed by atoms with Crippen LogP contribution in [0.1, 0.15) is 39.5 Å². The van der Waals surface area contributed by atoms with Crippen LogP contribution in [0.3, 0.4) is 0 Å². The van der Waals surface area contributed by atoms with E-state index in [1.165, 1.54) is 51.9 Å². The number of nitrogens with zero attached hydrogens (tertiary/aromatic N) is 1. The second-order valence-electron chi connectivity index (χ2n) is 4.47. The van der Waals surface area contributed by atoms with E-state index in [-0.39, 0.29) is 0 Å². The van der Waals surface area contributed by atoms with Crippen LogP contribution in [0.15, 0.2) is 0 Å². The van der Waals surface area contributed by atoms with Crippen LogP contribution >= 0.6 is 0 Å². The lowest BCUT2D eigenvalue weighted by Crippen LogP contribution is -2.26. The lowest BCUT2D eigenvalue weighted by molar-refractivity contribution is 0.314. The zero-order valence-corrected chi connectivity index (χ0v) is 9.89. The van der Waals surface area contributed by atoms with Crippen molar-refractivity contribution >= 4 is 0 Å². The quantitative estimate of drug-likeness (QED) is 0.630. The highest BCUT2D eigenvalue weighted by atomic mass is 15.1. The lowest BCUT2D eigenvalue weighted by atomic mass is 10.1. The van der Waals surface area contributed by atoms with Crippen molar-refractivity contribution in [3.05, 3.63) is 0 Å². The molecule has 0 aliphatic carbocycles. The highest BCUT2D eigenvalue weighted by molar-refractivity contribution is 4.76. The van der Waals surface area contributed by atoms with E-state index in [1.807, 2.05) is 0 Å². The summed E-state index contributed by atoms with van der Waals surface area (Å²) in [5, 5.41) is 3.45. The molecule has 0 radical (unpaired) electrons. The van der Waals surface area contributed by atoms with E-state index in [0.717, 1.165) is 12.5 Å². The van der Waals surface area contributed by atoms with Gasteiger partial charge in [0.15, 0.2) is 0 Å². The molecule has 1 aliphatic heterocycles. The van der Waals surface area contributed by atoms with Crippen LogP contribution < -0.4 is 5.32 Å². The summed E-state index contributed by atoms with van der Waals surface area (Å²) in [5.74, 6) is 0.913. The first kappa shape index (κ1) is 12.0. The minimum absolute atomic E-state index is 0.913. The molecule has 1 rings (SSSR count). The fourth-order valence-electron chi connectivity index (χ4n) is 2.22. The molecule has 1 saturated heterocycles. The maximum atomic E-state index is 3.45. The number of likely N-dealkylation sites (tertiary alicyclic amines) is 1. The first-order valence-electron chi connectivity index (χ1n) is 6.29. The van der Waals surface area contributed by atoms with Gasteiger partial charge in [-0.25, -0.2) is 0 Å². The van der Waals surface area contributed by atoms with Gasteiger partial charge in [0, 0.05) is 6.54 Å². The molecule has 1 atom stereocenters. The highest BCUT2D eigenvalue weighted by Gasteiger charge is 2.20. The molecular weight excluding hydrogens is 172 g/mol. The summed E-state index contributed by atoms with van der Waals surface area (Å²) < 4.78 is 0. The average Bonchev–Trinajstić information content (AvgIpc) is 2.63. The molecule has 0 amide bonds. The average molecular weight is 198 g/mol. The predicted molar refractivity (Wildman–Crippen MR) is 62.6 cm³/mol. The van der Waals surface area contributed by atoms with E-state index in [1.54, 1.807) is 0 Å². The van der Waals surface area contributed by atoms with Gasteiger partial charge in [-0.15, -0.1) is 0 Å². The summed E-state index contributed by atoms with van der Waals surface area (Å²) in [6.45, 7) is 10.8. The van der Waals surface area contributed by atoms with Crippen LogP contribution in [0, 0.1) is 5.92 Å². The zero-order valence-electron chi connectivity index (χ0n) is 9.89. The molecule has 0 spiro atoms. The largest absolute Gasteiger partial charge is 0.317 e. The van der Waals surface area contributed by atoms with Gasteiger partial charge in [0.05, 0.1) is 0 Å². The van der Waals surface area contributed by atoms with Gasteiger partial charge in [-0.1, -0.05) is 26.7 Å². The van der Waals surface area contributed by atoms with Crippen molar-refractivity contribution in [2.24, 2.45) is 5.92 Å². The zero-order chi connectivity index (χ0) is 10.2. The van der Waals surface area contributed by atoms with Crippen LogP contribution in [0.25, 0.3) is 0 Å². The number of hydrogen-bond acceptors (Lipinski definition) is 2. The van der Waals surface area contributed by atoms with Crippen molar-refractivity contribution in [3.8, 4) is 0 Å². The van der Waals surface area contributed by atoms with E-state index in [2.05, 4.69) is 24.1 Å². The summed E-state index contributed by atoms with van der Waals surface area (Å²) in [5.41, 5.74) is 0. The van der Waals surface area contributed by atoms with Gasteiger partial charge >= 0.3 is 0 Å². The summed E-state index contributed by atoms with van der Waals surface area (Å²) in [6.07, 6.45) is 5.53. The molecule has 1 heterocycles. The molecular formula is C12H26N2. The monoisotopic (exact) mass is 198 g/mol. The van der Waals surface area contributed by atoms with Crippen molar-refractivity contribution in [2.75, 3.05) is 32.7 Å². The Morgan fingerprint density at radius 1 is 1.29 bits per heavy atom. The molecule has 0 aromatic carbocycles. The van der Waals surface area contributed by atoms with Gasteiger partial charge in [0.25, 0.3) is 0 Å². The highest BCUT2D eigenvalue weighted by Crippen LogP contribution is 2.15. The van der Waals surface area contributed by atoms with Crippen LogP contribution in [-0.2, 0) is 0 Å². The van der Waals surface area contributed by atoms with Crippen LogP contribution in [0.4, 0.5) is 0 Å². The SMILES string of the molecule is CCCCCN1CCC(CNCC)C1. The van der Waals surface area contributed by atoms with E-state index < -0.39 is 0 Å². The van der Waals surface area contributed by atoms with Crippen molar-refractivity contribution in [2.45, 2.75) is 39.5 Å². The van der Waals surface area contributed by atoms with E-state index in [4.69, 9.17) is 0 Å². The van der Waals surface area contributed by atoms with Gasteiger partial charge in [0.2, 0.25) is 0 Å². The van der Waals surface area contributed by atoms with Crippen LogP contribution in [0.5, 0.6) is 0 Å². The second-order valence-corrected chi connectivity index (χ2v) is 4.47. The summed E-state index contributed by atoms with van der Waals surface area (Å²) >= 11 is 0. The van der Waals surface area contributed by atoms with Gasteiger partial charge in [-0.3, -0.25) is 0 Å². The predicted octanol–water partition coefficient (Wildman–Crippen LogP) is 2.11. The Balaban J connectivity index is 2.02. The molecule has 1 N–H and O–H groups in total. The number of rotatable bonds is 7. The van der Waals surface area contributed by atoms with Crippen molar-refractivity contribution in [3.63, 3.8) is 0 Å². The fourth-order valence-corrected chi connectivity index (χ4v) is 2.22. The minimum Gasteiger partial charge on any atom is -0.317 e. The standard InChI is InChI=1S/C12H26N2/c1-3-5-6-8-14-9-7-12(11-14)10-13-4-2/h12-13H,3-11H2,1-2H3. The number of unbranched alkanes of at least 4 members (excludes halogenated alkanes) is 2. The topological polar surface area (TPSA) is 15.3 Å². The third-order valence-corrected chi connectivity index (χ3v) is 3.13.